The summed E-state index contributed by atoms with van der Waals surface area (Å²) in [6.07, 6.45) is 1.19. The number of nitrogens with zero attached hydrogens (tertiary/aromatic N) is 3. The lowest BCUT2D eigenvalue weighted by Crippen LogP contribution is -2.33. The molecule has 104 valence electrons. The average molecular weight is 275 g/mol. The molecule has 2 heterocycles. The van der Waals surface area contributed by atoms with Gasteiger partial charge in [0.05, 0.1) is 6.54 Å². The van der Waals surface area contributed by atoms with Gasteiger partial charge in [-0.2, -0.15) is 4.98 Å². The van der Waals surface area contributed by atoms with E-state index in [0.29, 0.717) is 11.9 Å². The third-order valence-electron chi connectivity index (χ3n) is 3.18. The molecule has 1 fully saturated rings. The summed E-state index contributed by atoms with van der Waals surface area (Å²) in [5, 5.41) is 7.40. The minimum Gasteiger partial charge on any atom is -0.338 e. The van der Waals surface area contributed by atoms with Crippen LogP contribution in [0.4, 0.5) is 0 Å². The Balaban J connectivity index is 0.00000162. The minimum atomic E-state index is -0.0464. The van der Waals surface area contributed by atoms with Crippen LogP contribution in [0, 0.1) is 0 Å². The molecule has 0 bridgehead atoms. The highest BCUT2D eigenvalue weighted by Crippen LogP contribution is 2.19. The van der Waals surface area contributed by atoms with Crippen LogP contribution >= 0.6 is 12.4 Å². The van der Waals surface area contributed by atoms with Crippen molar-refractivity contribution in [3.63, 3.8) is 0 Å². The van der Waals surface area contributed by atoms with Crippen molar-refractivity contribution >= 4 is 12.4 Å². The van der Waals surface area contributed by atoms with E-state index in [1.165, 1.54) is 6.42 Å². The Labute approximate surface area is 115 Å². The molecule has 1 aliphatic heterocycles. The van der Waals surface area contributed by atoms with Crippen LogP contribution < -0.4 is 5.32 Å². The standard InChI is InChI=1S/C12H22N4O.ClH/c1-12(2,3)11-14-10(17-15-11)8-16(4)9-5-6-13-7-9;/h9,13H,5-8H2,1-4H3;1H. The Hall–Kier alpha value is -0.650. The van der Waals surface area contributed by atoms with Crippen LogP contribution in [0.1, 0.15) is 38.9 Å². The fourth-order valence-corrected chi connectivity index (χ4v) is 1.98. The van der Waals surface area contributed by atoms with Crippen LogP contribution in [0.25, 0.3) is 0 Å². The fourth-order valence-electron chi connectivity index (χ4n) is 1.98. The third kappa shape index (κ3) is 3.67. The second-order valence-electron chi connectivity index (χ2n) is 5.82. The molecule has 6 heteroatoms. The lowest BCUT2D eigenvalue weighted by molar-refractivity contribution is 0.214. The van der Waals surface area contributed by atoms with Crippen LogP contribution in [-0.2, 0) is 12.0 Å². The first-order chi connectivity index (χ1) is 7.97. The van der Waals surface area contributed by atoms with Crippen molar-refractivity contribution in [1.82, 2.24) is 20.4 Å². The molecule has 1 aromatic heterocycles. The van der Waals surface area contributed by atoms with Crippen molar-refractivity contribution < 1.29 is 4.52 Å². The highest BCUT2D eigenvalue weighted by Gasteiger charge is 2.24. The van der Waals surface area contributed by atoms with Gasteiger partial charge in [-0.3, -0.25) is 4.90 Å². The predicted octanol–water partition coefficient (Wildman–Crippen LogP) is 1.58. The summed E-state index contributed by atoms with van der Waals surface area (Å²) in [5.41, 5.74) is -0.0464. The van der Waals surface area contributed by atoms with Crippen molar-refractivity contribution in [1.29, 1.82) is 0 Å². The van der Waals surface area contributed by atoms with Gasteiger partial charge in [-0.25, -0.2) is 0 Å². The monoisotopic (exact) mass is 274 g/mol. The van der Waals surface area contributed by atoms with E-state index >= 15 is 0 Å². The molecule has 0 amide bonds. The Morgan fingerprint density at radius 1 is 1.44 bits per heavy atom. The van der Waals surface area contributed by atoms with E-state index in [0.717, 1.165) is 25.5 Å². The highest BCUT2D eigenvalue weighted by molar-refractivity contribution is 5.85. The first-order valence-electron chi connectivity index (χ1n) is 6.21. The molecule has 1 saturated heterocycles. The highest BCUT2D eigenvalue weighted by atomic mass is 35.5. The second-order valence-corrected chi connectivity index (χ2v) is 5.82. The summed E-state index contributed by atoms with van der Waals surface area (Å²) >= 11 is 0. The van der Waals surface area contributed by atoms with E-state index in [2.05, 4.69) is 48.2 Å². The van der Waals surface area contributed by atoms with Gasteiger partial charge in [-0.15, -0.1) is 12.4 Å². The van der Waals surface area contributed by atoms with Crippen LogP contribution in [0.3, 0.4) is 0 Å². The van der Waals surface area contributed by atoms with Gasteiger partial charge in [0.2, 0.25) is 5.89 Å². The van der Waals surface area contributed by atoms with Gasteiger partial charge in [0, 0.05) is 18.0 Å². The normalized spacial score (nSPS) is 20.2. The van der Waals surface area contributed by atoms with Crippen LogP contribution in [-0.4, -0.2) is 41.2 Å². The molecule has 0 radical (unpaired) electrons. The van der Waals surface area contributed by atoms with Crippen LogP contribution in [0.5, 0.6) is 0 Å². The van der Waals surface area contributed by atoms with Crippen molar-refractivity contribution in [2.24, 2.45) is 0 Å². The molecule has 1 aromatic rings. The summed E-state index contributed by atoms with van der Waals surface area (Å²) < 4.78 is 5.30. The number of halogens is 1. The number of nitrogens with one attached hydrogen (secondary N) is 1. The van der Waals surface area contributed by atoms with Gasteiger partial charge in [0.15, 0.2) is 5.82 Å². The van der Waals surface area contributed by atoms with Gasteiger partial charge in [-0.05, 0) is 20.0 Å². The van der Waals surface area contributed by atoms with Crippen molar-refractivity contribution in [2.45, 2.75) is 45.2 Å². The quantitative estimate of drug-likeness (QED) is 0.907. The zero-order valence-electron chi connectivity index (χ0n) is 11.6. The first-order valence-corrected chi connectivity index (χ1v) is 6.21. The topological polar surface area (TPSA) is 54.2 Å². The number of likely N-dealkylation sites (N-methyl/N-ethyl adjacent to an activating group) is 1. The molecule has 0 spiro atoms. The molecule has 1 unspecified atom stereocenters. The first kappa shape index (κ1) is 15.4. The molecular weight excluding hydrogens is 252 g/mol. The molecule has 0 aliphatic carbocycles. The van der Waals surface area contributed by atoms with Gasteiger partial charge < -0.3 is 9.84 Å². The number of rotatable bonds is 3. The van der Waals surface area contributed by atoms with E-state index in [4.69, 9.17) is 4.52 Å². The second kappa shape index (κ2) is 5.99. The third-order valence-corrected chi connectivity index (χ3v) is 3.18. The zero-order valence-corrected chi connectivity index (χ0v) is 12.4. The summed E-state index contributed by atoms with van der Waals surface area (Å²) in [7, 11) is 2.11. The Morgan fingerprint density at radius 2 is 2.17 bits per heavy atom. The molecule has 0 aromatic carbocycles. The number of hydrogen-bond donors (Lipinski definition) is 1. The maximum atomic E-state index is 5.30. The lowest BCUT2D eigenvalue weighted by Gasteiger charge is -2.21. The summed E-state index contributed by atoms with van der Waals surface area (Å²) in [4.78, 5) is 6.73. The lowest BCUT2D eigenvalue weighted by atomic mass is 9.96. The van der Waals surface area contributed by atoms with Gasteiger partial charge in [0.25, 0.3) is 0 Å². The molecule has 0 saturated carbocycles. The van der Waals surface area contributed by atoms with Crippen molar-refractivity contribution in [3.05, 3.63) is 11.7 Å². The number of hydrogen-bond acceptors (Lipinski definition) is 5. The van der Waals surface area contributed by atoms with E-state index in [1.807, 2.05) is 0 Å². The summed E-state index contributed by atoms with van der Waals surface area (Å²) in [6.45, 7) is 9.16. The Bertz CT molecular complexity index is 368. The average Bonchev–Trinajstić information content (AvgIpc) is 2.85. The smallest absolute Gasteiger partial charge is 0.240 e. The molecule has 5 nitrogen and oxygen atoms in total. The van der Waals surface area contributed by atoms with E-state index in [-0.39, 0.29) is 17.8 Å². The van der Waals surface area contributed by atoms with Gasteiger partial charge >= 0.3 is 0 Å². The molecule has 1 N–H and O–H groups in total. The van der Waals surface area contributed by atoms with Crippen molar-refractivity contribution in [3.8, 4) is 0 Å². The van der Waals surface area contributed by atoms with Gasteiger partial charge in [0.1, 0.15) is 0 Å². The fraction of sp³-hybridized carbons (Fsp3) is 0.833. The summed E-state index contributed by atoms with van der Waals surface area (Å²) in [6, 6.07) is 0.583. The zero-order chi connectivity index (χ0) is 12.5. The van der Waals surface area contributed by atoms with Crippen LogP contribution in [0.2, 0.25) is 0 Å². The largest absolute Gasteiger partial charge is 0.338 e. The molecule has 18 heavy (non-hydrogen) atoms. The summed E-state index contributed by atoms with van der Waals surface area (Å²) in [5.74, 6) is 1.50. The molecule has 1 aliphatic rings. The van der Waals surface area contributed by atoms with E-state index in [1.54, 1.807) is 0 Å². The Morgan fingerprint density at radius 3 is 2.67 bits per heavy atom. The van der Waals surface area contributed by atoms with Gasteiger partial charge in [-0.1, -0.05) is 25.9 Å². The predicted molar refractivity (Wildman–Crippen MR) is 73.0 cm³/mol. The maximum absolute atomic E-state index is 5.30. The minimum absolute atomic E-state index is 0. The SMILES string of the molecule is CN(Cc1nc(C(C)(C)C)no1)C1CCNC1.Cl. The van der Waals surface area contributed by atoms with Crippen LogP contribution in [0.15, 0.2) is 4.52 Å². The number of aromatic nitrogens is 2. The maximum Gasteiger partial charge on any atom is 0.240 e. The van der Waals surface area contributed by atoms with E-state index < -0.39 is 0 Å². The van der Waals surface area contributed by atoms with Crippen molar-refractivity contribution in [2.75, 3.05) is 20.1 Å². The molecular formula is C12H23ClN4O. The Kier molecular flexibility index (Phi) is 5.13. The molecule has 1 atom stereocenters. The van der Waals surface area contributed by atoms with E-state index in [9.17, 15) is 0 Å². The molecule has 2 rings (SSSR count).